The molecule has 0 saturated heterocycles. The maximum Gasteiger partial charge on any atom is 0.661 e. The fourth-order valence-corrected chi connectivity index (χ4v) is 9.05. The second kappa shape index (κ2) is 18.2. The lowest BCUT2D eigenvalue weighted by Crippen LogP contribution is -2.60. The maximum atomic E-state index is 6.52. The number of hydrogen-bond acceptors (Lipinski definition) is 6. The summed E-state index contributed by atoms with van der Waals surface area (Å²) in [4.78, 5) is 0. The van der Waals surface area contributed by atoms with Gasteiger partial charge in [-0.1, -0.05) is 66.7 Å². The molecule has 0 aliphatic heterocycles. The molecule has 0 fully saturated rings. The van der Waals surface area contributed by atoms with Gasteiger partial charge in [-0.3, -0.25) is 0 Å². The highest BCUT2D eigenvalue weighted by atomic mass is 28.5. The second-order valence-electron chi connectivity index (χ2n) is 6.95. The predicted octanol–water partition coefficient (Wildman–Crippen LogP) is 5.15. The fraction of sp³-hybridized carbons (Fsp3) is 1.00. The van der Waals surface area contributed by atoms with Crippen molar-refractivity contribution in [3.63, 3.8) is 0 Å². The molecule has 6 nitrogen and oxygen atoms in total. The van der Waals surface area contributed by atoms with Crippen molar-refractivity contribution in [2.45, 2.75) is 98.5 Å². The average molecular weight is 452 g/mol. The summed E-state index contributed by atoms with van der Waals surface area (Å²) in [5, 5.41) is 0. The third kappa shape index (κ3) is 12.2. The van der Waals surface area contributed by atoms with Gasteiger partial charge in [-0.15, -0.1) is 0 Å². The monoisotopic (exact) mass is 451 g/mol. The van der Waals surface area contributed by atoms with Crippen LogP contribution in [0.15, 0.2) is 0 Å². The second-order valence-corrected chi connectivity index (χ2v) is 12.6. The standard InChI is InChI=1S/C19H43O6Si3/c1-6-11-15-20-27(19-10-5,21-16-12-7-2)25-28(24-26,22-17-13-8-3)23-18-14-9-4/h6-19H2,1-5H3. The van der Waals surface area contributed by atoms with Crippen LogP contribution in [-0.4, -0.2) is 54.8 Å². The first-order chi connectivity index (χ1) is 13.6. The fourth-order valence-electron chi connectivity index (χ4n) is 2.40. The average Bonchev–Trinajstić information content (AvgIpc) is 2.69. The molecule has 0 aromatic heterocycles. The van der Waals surface area contributed by atoms with Gasteiger partial charge < -0.3 is 25.9 Å². The van der Waals surface area contributed by atoms with Gasteiger partial charge in [-0.25, -0.2) is 0 Å². The summed E-state index contributed by atoms with van der Waals surface area (Å²) >= 11 is 0. The molecule has 0 rings (SSSR count). The Morgan fingerprint density at radius 2 is 0.964 bits per heavy atom. The van der Waals surface area contributed by atoms with E-state index in [4.69, 9.17) is 25.9 Å². The van der Waals surface area contributed by atoms with Gasteiger partial charge in [0.25, 0.3) is 0 Å². The van der Waals surface area contributed by atoms with Crippen LogP contribution in [0.25, 0.3) is 0 Å². The molecule has 0 aromatic rings. The van der Waals surface area contributed by atoms with E-state index in [9.17, 15) is 0 Å². The van der Waals surface area contributed by atoms with Crippen LogP contribution in [0, 0.1) is 0 Å². The van der Waals surface area contributed by atoms with Crippen molar-refractivity contribution in [2.75, 3.05) is 26.4 Å². The summed E-state index contributed by atoms with van der Waals surface area (Å²) in [6.07, 6.45) is 8.84. The van der Waals surface area contributed by atoms with Gasteiger partial charge in [0.1, 0.15) is 0 Å². The van der Waals surface area contributed by atoms with Crippen LogP contribution in [-0.2, 0) is 25.9 Å². The lowest BCUT2D eigenvalue weighted by Gasteiger charge is -2.37. The summed E-state index contributed by atoms with van der Waals surface area (Å²) in [5.74, 6) is 0. The molecule has 0 heterocycles. The molecule has 28 heavy (non-hydrogen) atoms. The summed E-state index contributed by atoms with van der Waals surface area (Å²) in [6, 6.07) is 0.721. The van der Waals surface area contributed by atoms with E-state index >= 15 is 0 Å². The van der Waals surface area contributed by atoms with Crippen molar-refractivity contribution in [3.8, 4) is 0 Å². The van der Waals surface area contributed by atoms with Crippen LogP contribution in [0.1, 0.15) is 92.4 Å². The van der Waals surface area contributed by atoms with Gasteiger partial charge in [-0.2, -0.15) is 0 Å². The van der Waals surface area contributed by atoms with E-state index in [1.807, 2.05) is 0 Å². The van der Waals surface area contributed by atoms with Crippen molar-refractivity contribution in [2.24, 2.45) is 0 Å². The highest BCUT2D eigenvalue weighted by Crippen LogP contribution is 2.26. The van der Waals surface area contributed by atoms with Crippen molar-refractivity contribution < 1.29 is 25.9 Å². The smallest absolute Gasteiger partial charge is 0.394 e. The van der Waals surface area contributed by atoms with Gasteiger partial charge in [-0.05, 0) is 25.7 Å². The van der Waals surface area contributed by atoms with E-state index in [0.29, 0.717) is 26.4 Å². The number of hydrogen-bond donors (Lipinski definition) is 0. The van der Waals surface area contributed by atoms with E-state index in [2.05, 4.69) is 45.1 Å². The maximum absolute atomic E-state index is 6.52. The van der Waals surface area contributed by atoms with E-state index in [1.165, 1.54) is 0 Å². The SMILES string of the molecule is CCCCO[Si](CCC)(OCCCC)O[Si](O[Si])(OCCCC)OCCCC. The van der Waals surface area contributed by atoms with Crippen LogP contribution >= 0.6 is 0 Å². The van der Waals surface area contributed by atoms with E-state index in [0.717, 1.165) is 63.8 Å². The van der Waals surface area contributed by atoms with E-state index in [1.54, 1.807) is 0 Å². The number of unbranched alkanes of at least 4 members (excludes halogenated alkanes) is 4. The van der Waals surface area contributed by atoms with Crippen LogP contribution in [0.4, 0.5) is 0 Å². The highest BCUT2D eigenvalue weighted by molar-refractivity contribution is 6.73. The van der Waals surface area contributed by atoms with Crippen LogP contribution < -0.4 is 0 Å². The van der Waals surface area contributed by atoms with Crippen molar-refractivity contribution in [1.29, 1.82) is 0 Å². The van der Waals surface area contributed by atoms with Crippen LogP contribution in [0.3, 0.4) is 0 Å². The molecule has 0 aliphatic carbocycles. The molecule has 0 unspecified atom stereocenters. The largest absolute Gasteiger partial charge is 0.661 e. The Kier molecular flexibility index (Phi) is 18.5. The topological polar surface area (TPSA) is 55.4 Å². The molecule has 0 amide bonds. The summed E-state index contributed by atoms with van der Waals surface area (Å²) in [7, 11) is -3.20. The predicted molar refractivity (Wildman–Crippen MR) is 118 cm³/mol. The quantitative estimate of drug-likeness (QED) is 0.178. The molecule has 3 radical (unpaired) electrons. The molecule has 0 atom stereocenters. The zero-order chi connectivity index (χ0) is 21.1. The zero-order valence-electron chi connectivity index (χ0n) is 18.8. The van der Waals surface area contributed by atoms with Crippen LogP contribution in [0.2, 0.25) is 6.04 Å². The molecule has 0 bridgehead atoms. The highest BCUT2D eigenvalue weighted by Gasteiger charge is 2.55. The normalized spacial score (nSPS) is 12.6. The minimum Gasteiger partial charge on any atom is -0.394 e. The molecule has 0 aliphatic rings. The third-order valence-corrected chi connectivity index (χ3v) is 10.9. The zero-order valence-corrected chi connectivity index (χ0v) is 21.8. The summed E-state index contributed by atoms with van der Waals surface area (Å²) < 4.78 is 36.9. The van der Waals surface area contributed by atoms with Gasteiger partial charge >= 0.3 is 17.9 Å². The van der Waals surface area contributed by atoms with Gasteiger partial charge in [0.2, 0.25) is 10.5 Å². The first kappa shape index (κ1) is 28.4. The Bertz CT molecular complexity index is 330. The van der Waals surface area contributed by atoms with E-state index < -0.39 is 17.9 Å². The molecule has 167 valence electrons. The first-order valence-electron chi connectivity index (χ1n) is 11.2. The Morgan fingerprint density at radius 3 is 1.29 bits per heavy atom. The van der Waals surface area contributed by atoms with E-state index in [-0.39, 0.29) is 0 Å². The third-order valence-electron chi connectivity index (χ3n) is 4.15. The molecule has 0 aromatic carbocycles. The van der Waals surface area contributed by atoms with Gasteiger partial charge in [0.15, 0.2) is 0 Å². The summed E-state index contributed by atoms with van der Waals surface area (Å²) in [6.45, 7) is 12.9. The Hall–Kier alpha value is 0.411. The molecular weight excluding hydrogens is 408 g/mol. The Labute approximate surface area is 179 Å². The van der Waals surface area contributed by atoms with Crippen molar-refractivity contribution >= 4 is 28.3 Å². The molecular formula is C19H43O6Si3. The van der Waals surface area contributed by atoms with Gasteiger partial charge in [0, 0.05) is 32.5 Å². The summed E-state index contributed by atoms with van der Waals surface area (Å²) in [5.41, 5.74) is 0. The molecule has 0 saturated carbocycles. The molecule has 9 heteroatoms. The van der Waals surface area contributed by atoms with Crippen molar-refractivity contribution in [3.05, 3.63) is 0 Å². The van der Waals surface area contributed by atoms with Crippen LogP contribution in [0.5, 0.6) is 0 Å². The lowest BCUT2D eigenvalue weighted by atomic mass is 10.4. The minimum atomic E-state index is -3.41. The molecule has 0 spiro atoms. The first-order valence-corrected chi connectivity index (χ1v) is 15.1. The number of rotatable bonds is 21. The minimum absolute atomic E-state index is 0.528. The van der Waals surface area contributed by atoms with Gasteiger partial charge in [0.05, 0.1) is 0 Å². The Balaban J connectivity index is 5.47. The lowest BCUT2D eigenvalue weighted by molar-refractivity contribution is -0.000896. The Morgan fingerprint density at radius 1 is 0.571 bits per heavy atom. The molecule has 0 N–H and O–H groups in total. The van der Waals surface area contributed by atoms with Crippen molar-refractivity contribution in [1.82, 2.24) is 0 Å².